The van der Waals surface area contributed by atoms with Crippen molar-refractivity contribution >= 4 is 17.6 Å². The Balaban J connectivity index is 1.77. The molecule has 0 radical (unpaired) electrons. The van der Waals surface area contributed by atoms with Crippen molar-refractivity contribution < 1.29 is 28.7 Å². The molecule has 0 bridgehead atoms. The Morgan fingerprint density at radius 3 is 1.94 bits per heavy atom. The third kappa shape index (κ3) is 8.37. The first-order valence-electron chi connectivity index (χ1n) is 10.8. The number of non-ortho nitro benzene ring substituents is 1. The summed E-state index contributed by atoms with van der Waals surface area (Å²) in [6.45, 7) is 2.50. The van der Waals surface area contributed by atoms with E-state index in [1.54, 1.807) is 12.1 Å². The van der Waals surface area contributed by atoms with Gasteiger partial charge in [0.05, 0.1) is 22.7 Å². The molecule has 0 heterocycles. The zero-order valence-electron chi connectivity index (χ0n) is 18.3. The molecule has 172 valence electrons. The standard InChI is InChI=1S/C24H29NO7/c1-2-3-4-5-6-9-16-31-23(26)21-10-7-8-11-22(21)24(27)32-18-17-30-20-14-12-19(13-15-20)25(28)29/h7-8,10-15H,2-6,9,16-18H2,1H3. The Labute approximate surface area is 187 Å². The van der Waals surface area contributed by atoms with Gasteiger partial charge in [0.25, 0.3) is 5.69 Å². The Hall–Kier alpha value is -3.42. The molecule has 0 aliphatic rings. The summed E-state index contributed by atoms with van der Waals surface area (Å²) in [7, 11) is 0. The minimum atomic E-state index is -0.649. The van der Waals surface area contributed by atoms with Gasteiger partial charge in [-0.15, -0.1) is 0 Å². The zero-order valence-corrected chi connectivity index (χ0v) is 18.3. The van der Waals surface area contributed by atoms with Gasteiger partial charge >= 0.3 is 11.9 Å². The van der Waals surface area contributed by atoms with Crippen LogP contribution in [-0.4, -0.2) is 36.7 Å². The summed E-state index contributed by atoms with van der Waals surface area (Å²) in [5, 5.41) is 10.7. The van der Waals surface area contributed by atoms with Crippen molar-refractivity contribution in [3.05, 3.63) is 69.8 Å². The van der Waals surface area contributed by atoms with Crippen molar-refractivity contribution in [2.45, 2.75) is 45.4 Å². The van der Waals surface area contributed by atoms with Gasteiger partial charge in [0.1, 0.15) is 19.0 Å². The number of esters is 2. The molecule has 2 rings (SSSR count). The molecule has 0 spiro atoms. The molecule has 0 aliphatic carbocycles. The summed E-state index contributed by atoms with van der Waals surface area (Å²) in [5.41, 5.74) is 0.263. The second-order valence-corrected chi connectivity index (χ2v) is 7.18. The molecule has 0 N–H and O–H groups in total. The summed E-state index contributed by atoms with van der Waals surface area (Å²) >= 11 is 0. The fraction of sp³-hybridized carbons (Fsp3) is 0.417. The monoisotopic (exact) mass is 443 g/mol. The first-order valence-corrected chi connectivity index (χ1v) is 10.8. The van der Waals surface area contributed by atoms with Crippen LogP contribution in [0.25, 0.3) is 0 Å². The lowest BCUT2D eigenvalue weighted by Gasteiger charge is -2.10. The normalized spacial score (nSPS) is 10.4. The fourth-order valence-corrected chi connectivity index (χ4v) is 3.00. The number of carbonyl (C=O) groups is 2. The van der Waals surface area contributed by atoms with E-state index in [2.05, 4.69) is 6.92 Å². The highest BCUT2D eigenvalue weighted by Crippen LogP contribution is 2.17. The van der Waals surface area contributed by atoms with Crippen LogP contribution < -0.4 is 4.74 Å². The van der Waals surface area contributed by atoms with Crippen molar-refractivity contribution in [3.8, 4) is 5.75 Å². The first kappa shape index (κ1) is 24.8. The molecule has 2 aromatic carbocycles. The van der Waals surface area contributed by atoms with E-state index < -0.39 is 16.9 Å². The predicted molar refractivity (Wildman–Crippen MR) is 119 cm³/mol. The second-order valence-electron chi connectivity index (χ2n) is 7.18. The Bertz CT molecular complexity index is 880. The SMILES string of the molecule is CCCCCCCCOC(=O)c1ccccc1C(=O)OCCOc1ccc([N+](=O)[O-])cc1. The molecule has 0 aliphatic heterocycles. The van der Waals surface area contributed by atoms with Crippen LogP contribution in [0.2, 0.25) is 0 Å². The van der Waals surface area contributed by atoms with Crippen LogP contribution in [-0.2, 0) is 9.47 Å². The van der Waals surface area contributed by atoms with Crippen molar-refractivity contribution in [1.29, 1.82) is 0 Å². The lowest BCUT2D eigenvalue weighted by Crippen LogP contribution is -2.17. The van der Waals surface area contributed by atoms with Gasteiger partial charge in [0.15, 0.2) is 0 Å². The van der Waals surface area contributed by atoms with Crippen LogP contribution in [0.4, 0.5) is 5.69 Å². The summed E-state index contributed by atoms with van der Waals surface area (Å²) in [6, 6.07) is 12.0. The maximum atomic E-state index is 12.4. The maximum absolute atomic E-state index is 12.4. The van der Waals surface area contributed by atoms with Crippen LogP contribution in [0.5, 0.6) is 5.75 Å². The number of hydrogen-bond acceptors (Lipinski definition) is 7. The molecule has 2 aromatic rings. The second kappa shape index (κ2) is 13.8. The number of rotatable bonds is 14. The first-order chi connectivity index (χ1) is 15.5. The van der Waals surface area contributed by atoms with Gasteiger partial charge in [0, 0.05) is 12.1 Å². The van der Waals surface area contributed by atoms with Gasteiger partial charge in [-0.05, 0) is 30.7 Å². The molecule has 0 amide bonds. The summed E-state index contributed by atoms with van der Waals surface area (Å²) < 4.78 is 15.9. The number of benzene rings is 2. The third-order valence-electron chi connectivity index (χ3n) is 4.73. The molecule has 8 nitrogen and oxygen atoms in total. The third-order valence-corrected chi connectivity index (χ3v) is 4.73. The molecular weight excluding hydrogens is 414 g/mol. The molecule has 0 atom stereocenters. The highest BCUT2D eigenvalue weighted by atomic mass is 16.6. The Kier molecular flexibility index (Phi) is 10.7. The van der Waals surface area contributed by atoms with Crippen LogP contribution in [0, 0.1) is 10.1 Å². The van der Waals surface area contributed by atoms with E-state index in [4.69, 9.17) is 14.2 Å². The number of carbonyl (C=O) groups excluding carboxylic acids is 2. The van der Waals surface area contributed by atoms with Gasteiger partial charge in [-0.1, -0.05) is 51.2 Å². The predicted octanol–water partition coefficient (Wildman–Crippen LogP) is 5.35. The van der Waals surface area contributed by atoms with Crippen molar-refractivity contribution in [2.75, 3.05) is 19.8 Å². The maximum Gasteiger partial charge on any atom is 0.339 e. The molecule has 0 aromatic heterocycles. The molecular formula is C24H29NO7. The van der Waals surface area contributed by atoms with Gasteiger partial charge < -0.3 is 14.2 Å². The van der Waals surface area contributed by atoms with Crippen molar-refractivity contribution in [3.63, 3.8) is 0 Å². The molecule has 0 unspecified atom stereocenters. The number of nitro groups is 1. The number of hydrogen-bond donors (Lipinski definition) is 0. The average molecular weight is 443 g/mol. The highest BCUT2D eigenvalue weighted by molar-refractivity contribution is 6.03. The van der Waals surface area contributed by atoms with Gasteiger partial charge in [-0.3, -0.25) is 10.1 Å². The molecule has 0 saturated carbocycles. The number of ether oxygens (including phenoxy) is 3. The van der Waals surface area contributed by atoms with Crippen LogP contribution >= 0.6 is 0 Å². The van der Waals surface area contributed by atoms with Crippen LogP contribution in [0.15, 0.2) is 48.5 Å². The van der Waals surface area contributed by atoms with E-state index in [1.807, 2.05) is 0 Å². The average Bonchev–Trinajstić information content (AvgIpc) is 2.81. The molecule has 32 heavy (non-hydrogen) atoms. The number of nitrogens with zero attached hydrogens (tertiary/aromatic N) is 1. The van der Waals surface area contributed by atoms with E-state index in [1.165, 1.54) is 55.7 Å². The molecule has 0 saturated heterocycles. The summed E-state index contributed by atoms with van der Waals surface area (Å²) in [4.78, 5) is 35.0. The van der Waals surface area contributed by atoms with Crippen LogP contribution in [0.3, 0.4) is 0 Å². The number of unbranched alkanes of at least 4 members (excludes halogenated alkanes) is 5. The minimum absolute atomic E-state index is 0.0382. The number of nitro benzene ring substituents is 1. The van der Waals surface area contributed by atoms with Crippen molar-refractivity contribution in [1.82, 2.24) is 0 Å². The largest absolute Gasteiger partial charge is 0.490 e. The van der Waals surface area contributed by atoms with E-state index in [-0.39, 0.29) is 30.0 Å². The van der Waals surface area contributed by atoms with Crippen LogP contribution in [0.1, 0.15) is 66.2 Å². The van der Waals surface area contributed by atoms with Crippen molar-refractivity contribution in [2.24, 2.45) is 0 Å². The van der Waals surface area contributed by atoms with E-state index >= 15 is 0 Å². The lowest BCUT2D eigenvalue weighted by molar-refractivity contribution is -0.384. The zero-order chi connectivity index (χ0) is 23.2. The quantitative estimate of drug-likeness (QED) is 0.168. The van der Waals surface area contributed by atoms with Gasteiger partial charge in [-0.2, -0.15) is 0 Å². The lowest BCUT2D eigenvalue weighted by atomic mass is 10.1. The Morgan fingerprint density at radius 1 is 0.781 bits per heavy atom. The molecule has 8 heteroatoms. The van der Waals surface area contributed by atoms with E-state index in [0.717, 1.165) is 19.3 Å². The molecule has 0 fully saturated rings. The summed E-state index contributed by atoms with van der Waals surface area (Å²) in [5.74, 6) is -0.775. The minimum Gasteiger partial charge on any atom is -0.490 e. The fourth-order valence-electron chi connectivity index (χ4n) is 3.00. The summed E-state index contributed by atoms with van der Waals surface area (Å²) in [6.07, 6.45) is 6.51. The highest BCUT2D eigenvalue weighted by Gasteiger charge is 2.19. The van der Waals surface area contributed by atoms with E-state index in [9.17, 15) is 19.7 Å². The van der Waals surface area contributed by atoms with Gasteiger partial charge in [0.2, 0.25) is 0 Å². The Morgan fingerprint density at radius 2 is 1.34 bits per heavy atom. The topological polar surface area (TPSA) is 105 Å². The van der Waals surface area contributed by atoms with Gasteiger partial charge in [-0.25, -0.2) is 9.59 Å². The van der Waals surface area contributed by atoms with E-state index in [0.29, 0.717) is 12.4 Å². The smallest absolute Gasteiger partial charge is 0.339 e.